The molecule has 0 aromatic rings. The van der Waals surface area contributed by atoms with Crippen molar-refractivity contribution in [2.24, 2.45) is 11.1 Å². The Balaban J connectivity index is 2.29. The van der Waals surface area contributed by atoms with Gasteiger partial charge in [0.05, 0.1) is 0 Å². The summed E-state index contributed by atoms with van der Waals surface area (Å²) < 4.78 is 0. The molecule has 0 unspecified atom stereocenters. The van der Waals surface area contributed by atoms with E-state index in [0.29, 0.717) is 6.54 Å². The molecule has 1 aliphatic rings. The SMILES string of the molecule is CC1(C(=O)NCCCN)CCCC1. The molecular formula is C10H20N2O. The first-order chi connectivity index (χ1) is 6.19. The molecule has 0 radical (unpaired) electrons. The van der Waals surface area contributed by atoms with Gasteiger partial charge in [-0.2, -0.15) is 0 Å². The van der Waals surface area contributed by atoms with Gasteiger partial charge in [-0.3, -0.25) is 4.79 Å². The largest absolute Gasteiger partial charge is 0.356 e. The molecule has 0 aromatic carbocycles. The summed E-state index contributed by atoms with van der Waals surface area (Å²) in [5.41, 5.74) is 5.26. The van der Waals surface area contributed by atoms with Crippen LogP contribution in [0.25, 0.3) is 0 Å². The van der Waals surface area contributed by atoms with E-state index in [1.165, 1.54) is 12.8 Å². The van der Waals surface area contributed by atoms with Gasteiger partial charge in [0, 0.05) is 12.0 Å². The van der Waals surface area contributed by atoms with Gasteiger partial charge in [0.15, 0.2) is 0 Å². The molecule has 76 valence electrons. The molecule has 0 bridgehead atoms. The predicted molar refractivity (Wildman–Crippen MR) is 53.3 cm³/mol. The van der Waals surface area contributed by atoms with E-state index in [1.807, 2.05) is 0 Å². The van der Waals surface area contributed by atoms with Crippen molar-refractivity contribution in [1.82, 2.24) is 5.32 Å². The molecular weight excluding hydrogens is 164 g/mol. The highest BCUT2D eigenvalue weighted by molar-refractivity contribution is 5.82. The maximum atomic E-state index is 11.7. The van der Waals surface area contributed by atoms with Crippen molar-refractivity contribution < 1.29 is 4.79 Å². The maximum Gasteiger partial charge on any atom is 0.225 e. The molecule has 3 N–H and O–H groups in total. The summed E-state index contributed by atoms with van der Waals surface area (Å²) >= 11 is 0. The molecule has 13 heavy (non-hydrogen) atoms. The Kier molecular flexibility index (Phi) is 3.72. The fourth-order valence-electron chi connectivity index (χ4n) is 1.90. The van der Waals surface area contributed by atoms with Crippen LogP contribution in [0.3, 0.4) is 0 Å². The Morgan fingerprint density at radius 1 is 1.46 bits per heavy atom. The molecule has 0 heterocycles. The van der Waals surface area contributed by atoms with E-state index in [2.05, 4.69) is 12.2 Å². The summed E-state index contributed by atoms with van der Waals surface area (Å²) in [5.74, 6) is 0.221. The van der Waals surface area contributed by atoms with Crippen LogP contribution in [0.5, 0.6) is 0 Å². The third-order valence-corrected chi connectivity index (χ3v) is 2.92. The van der Waals surface area contributed by atoms with Crippen LogP contribution in [0.1, 0.15) is 39.0 Å². The zero-order valence-electron chi connectivity index (χ0n) is 8.44. The van der Waals surface area contributed by atoms with Crippen LogP contribution in [-0.4, -0.2) is 19.0 Å². The van der Waals surface area contributed by atoms with Gasteiger partial charge >= 0.3 is 0 Å². The number of carbonyl (C=O) groups excluding carboxylic acids is 1. The minimum absolute atomic E-state index is 0.0887. The Labute approximate surface area is 80.1 Å². The van der Waals surface area contributed by atoms with Crippen LogP contribution in [-0.2, 0) is 4.79 Å². The van der Waals surface area contributed by atoms with Gasteiger partial charge in [-0.25, -0.2) is 0 Å². The topological polar surface area (TPSA) is 55.1 Å². The van der Waals surface area contributed by atoms with Gasteiger partial charge < -0.3 is 11.1 Å². The second-order valence-corrected chi connectivity index (χ2v) is 4.17. The van der Waals surface area contributed by atoms with Gasteiger partial charge in [-0.1, -0.05) is 19.8 Å². The average Bonchev–Trinajstić information content (AvgIpc) is 2.54. The third-order valence-electron chi connectivity index (χ3n) is 2.92. The summed E-state index contributed by atoms with van der Waals surface area (Å²) in [6.07, 6.45) is 5.35. The normalized spacial score (nSPS) is 20.2. The van der Waals surface area contributed by atoms with Crippen LogP contribution < -0.4 is 11.1 Å². The lowest BCUT2D eigenvalue weighted by molar-refractivity contribution is -0.129. The van der Waals surface area contributed by atoms with Crippen LogP contribution in [0, 0.1) is 5.41 Å². The highest BCUT2D eigenvalue weighted by Crippen LogP contribution is 2.37. The number of carbonyl (C=O) groups is 1. The number of amides is 1. The van der Waals surface area contributed by atoms with Gasteiger partial charge in [-0.15, -0.1) is 0 Å². The molecule has 1 fully saturated rings. The first kappa shape index (κ1) is 10.5. The fourth-order valence-corrected chi connectivity index (χ4v) is 1.90. The van der Waals surface area contributed by atoms with Gasteiger partial charge in [0.2, 0.25) is 5.91 Å². The Morgan fingerprint density at radius 2 is 2.08 bits per heavy atom. The van der Waals surface area contributed by atoms with E-state index < -0.39 is 0 Å². The zero-order chi connectivity index (χ0) is 9.73. The first-order valence-corrected chi connectivity index (χ1v) is 5.17. The molecule has 0 atom stereocenters. The third kappa shape index (κ3) is 2.69. The number of hydrogen-bond donors (Lipinski definition) is 2. The lowest BCUT2D eigenvalue weighted by Crippen LogP contribution is -2.38. The van der Waals surface area contributed by atoms with Crippen molar-refractivity contribution in [3.63, 3.8) is 0 Å². The van der Waals surface area contributed by atoms with E-state index in [1.54, 1.807) is 0 Å². The number of rotatable bonds is 4. The molecule has 0 saturated heterocycles. The monoisotopic (exact) mass is 184 g/mol. The standard InChI is InChI=1S/C10H20N2O/c1-10(5-2-3-6-10)9(13)12-8-4-7-11/h2-8,11H2,1H3,(H,12,13). The van der Waals surface area contributed by atoms with Crippen LogP contribution >= 0.6 is 0 Å². The summed E-state index contributed by atoms with van der Waals surface area (Å²) in [6, 6.07) is 0. The Hall–Kier alpha value is -0.570. The Morgan fingerprint density at radius 3 is 2.62 bits per heavy atom. The highest BCUT2D eigenvalue weighted by Gasteiger charge is 2.35. The van der Waals surface area contributed by atoms with Crippen LogP contribution in [0.15, 0.2) is 0 Å². The summed E-state index contributed by atoms with van der Waals surface area (Å²) in [5, 5.41) is 2.95. The molecule has 1 saturated carbocycles. The lowest BCUT2D eigenvalue weighted by atomic mass is 9.88. The minimum Gasteiger partial charge on any atom is -0.356 e. The molecule has 0 aliphatic heterocycles. The van der Waals surface area contributed by atoms with E-state index >= 15 is 0 Å². The van der Waals surface area contributed by atoms with Crippen molar-refractivity contribution in [3.8, 4) is 0 Å². The van der Waals surface area contributed by atoms with Gasteiger partial charge in [-0.05, 0) is 25.8 Å². The lowest BCUT2D eigenvalue weighted by Gasteiger charge is -2.21. The predicted octanol–water partition coefficient (Wildman–Crippen LogP) is 1.03. The summed E-state index contributed by atoms with van der Waals surface area (Å²) in [7, 11) is 0. The van der Waals surface area contributed by atoms with E-state index in [4.69, 9.17) is 5.73 Å². The molecule has 0 spiro atoms. The summed E-state index contributed by atoms with van der Waals surface area (Å²) in [6.45, 7) is 3.44. The first-order valence-electron chi connectivity index (χ1n) is 5.17. The van der Waals surface area contributed by atoms with E-state index in [0.717, 1.165) is 25.8 Å². The van der Waals surface area contributed by atoms with Crippen molar-refractivity contribution in [1.29, 1.82) is 0 Å². The number of hydrogen-bond acceptors (Lipinski definition) is 2. The number of nitrogens with one attached hydrogen (secondary N) is 1. The van der Waals surface area contributed by atoms with Gasteiger partial charge in [0.25, 0.3) is 0 Å². The molecule has 1 rings (SSSR count). The van der Waals surface area contributed by atoms with Crippen molar-refractivity contribution in [2.45, 2.75) is 39.0 Å². The van der Waals surface area contributed by atoms with Crippen molar-refractivity contribution in [2.75, 3.05) is 13.1 Å². The Bertz CT molecular complexity index is 174. The van der Waals surface area contributed by atoms with E-state index in [-0.39, 0.29) is 11.3 Å². The smallest absolute Gasteiger partial charge is 0.225 e. The molecule has 1 aliphatic carbocycles. The van der Waals surface area contributed by atoms with Crippen molar-refractivity contribution >= 4 is 5.91 Å². The molecule has 1 amide bonds. The van der Waals surface area contributed by atoms with Crippen LogP contribution in [0.4, 0.5) is 0 Å². The van der Waals surface area contributed by atoms with Crippen LogP contribution in [0.2, 0.25) is 0 Å². The quantitative estimate of drug-likeness (QED) is 0.641. The second kappa shape index (κ2) is 4.61. The average molecular weight is 184 g/mol. The molecule has 3 heteroatoms. The fraction of sp³-hybridized carbons (Fsp3) is 0.900. The molecule has 0 aromatic heterocycles. The maximum absolute atomic E-state index is 11.7. The number of nitrogens with two attached hydrogens (primary N) is 1. The molecule has 3 nitrogen and oxygen atoms in total. The minimum atomic E-state index is -0.0887. The van der Waals surface area contributed by atoms with Crippen molar-refractivity contribution in [3.05, 3.63) is 0 Å². The van der Waals surface area contributed by atoms with Gasteiger partial charge in [0.1, 0.15) is 0 Å². The zero-order valence-corrected chi connectivity index (χ0v) is 8.44. The highest BCUT2D eigenvalue weighted by atomic mass is 16.2. The van der Waals surface area contributed by atoms with E-state index in [9.17, 15) is 4.79 Å². The second-order valence-electron chi connectivity index (χ2n) is 4.17. The summed E-state index contributed by atoms with van der Waals surface area (Å²) in [4.78, 5) is 11.7.